The third-order valence-corrected chi connectivity index (χ3v) is 3.57. The van der Waals surface area contributed by atoms with E-state index in [9.17, 15) is 14.4 Å². The number of piperidine rings is 1. The Bertz CT molecular complexity index is 393. The van der Waals surface area contributed by atoms with Crippen LogP contribution >= 0.6 is 0 Å². The van der Waals surface area contributed by atoms with Gasteiger partial charge in [-0.05, 0) is 12.8 Å². The first-order chi connectivity index (χ1) is 9.74. The number of rotatable bonds is 4. The van der Waals surface area contributed by atoms with Gasteiger partial charge in [0.25, 0.3) is 0 Å². The Labute approximate surface area is 126 Å². The zero-order chi connectivity index (χ0) is 16.0. The molecular formula is C15H26N2O4. The summed E-state index contributed by atoms with van der Waals surface area (Å²) in [7, 11) is 1.31. The highest BCUT2D eigenvalue weighted by atomic mass is 16.5. The van der Waals surface area contributed by atoms with Crippen LogP contribution in [0.2, 0.25) is 0 Å². The van der Waals surface area contributed by atoms with Crippen molar-refractivity contribution in [3.8, 4) is 0 Å². The van der Waals surface area contributed by atoms with E-state index in [-0.39, 0.29) is 42.1 Å². The summed E-state index contributed by atoms with van der Waals surface area (Å²) in [5.41, 5.74) is -0.364. The number of hydrogen-bond donors (Lipinski definition) is 1. The van der Waals surface area contributed by atoms with Crippen molar-refractivity contribution in [2.45, 2.75) is 52.5 Å². The lowest BCUT2D eigenvalue weighted by Crippen LogP contribution is -2.49. The number of nitrogens with one attached hydrogen (secondary N) is 1. The molecule has 120 valence electrons. The zero-order valence-electron chi connectivity index (χ0n) is 13.4. The normalized spacial score (nSPS) is 16.5. The summed E-state index contributed by atoms with van der Waals surface area (Å²) in [4.78, 5) is 36.7. The minimum atomic E-state index is -0.379. The molecule has 0 atom stereocenters. The number of amides is 2. The average Bonchev–Trinajstić information content (AvgIpc) is 2.43. The maximum absolute atomic E-state index is 12.1. The molecule has 0 aliphatic carbocycles. The van der Waals surface area contributed by atoms with Crippen LogP contribution < -0.4 is 5.32 Å². The summed E-state index contributed by atoms with van der Waals surface area (Å²) in [6.07, 6.45) is 1.76. The molecule has 0 saturated carbocycles. The quantitative estimate of drug-likeness (QED) is 0.788. The van der Waals surface area contributed by atoms with Gasteiger partial charge in [0.15, 0.2) is 0 Å². The molecule has 6 nitrogen and oxygen atoms in total. The number of nitrogens with zero attached hydrogens (tertiary/aromatic N) is 1. The van der Waals surface area contributed by atoms with Gasteiger partial charge < -0.3 is 15.0 Å². The third kappa shape index (κ3) is 5.73. The number of methoxy groups -OCH3 is 1. The van der Waals surface area contributed by atoms with Gasteiger partial charge in [-0.3, -0.25) is 14.4 Å². The first-order valence-electron chi connectivity index (χ1n) is 7.39. The van der Waals surface area contributed by atoms with E-state index in [1.165, 1.54) is 7.11 Å². The van der Waals surface area contributed by atoms with Crippen LogP contribution in [-0.2, 0) is 19.1 Å². The minimum Gasteiger partial charge on any atom is -0.469 e. The highest BCUT2D eigenvalue weighted by Crippen LogP contribution is 2.21. The molecule has 0 bridgehead atoms. The number of carbonyl (C=O) groups is 3. The minimum absolute atomic E-state index is 0.0826. The summed E-state index contributed by atoms with van der Waals surface area (Å²) < 4.78 is 4.50. The Hall–Kier alpha value is -1.59. The number of hydrogen-bond acceptors (Lipinski definition) is 4. The lowest BCUT2D eigenvalue weighted by Gasteiger charge is -2.36. The van der Waals surface area contributed by atoms with Crippen LogP contribution in [0, 0.1) is 5.41 Å². The highest BCUT2D eigenvalue weighted by molar-refractivity contribution is 5.82. The number of esters is 1. The van der Waals surface area contributed by atoms with E-state index < -0.39 is 0 Å². The second-order valence-corrected chi connectivity index (χ2v) is 6.46. The van der Waals surface area contributed by atoms with E-state index in [0.29, 0.717) is 13.1 Å². The van der Waals surface area contributed by atoms with Crippen LogP contribution in [0.3, 0.4) is 0 Å². The number of ether oxygens (including phenoxy) is 1. The fourth-order valence-corrected chi connectivity index (χ4v) is 2.32. The van der Waals surface area contributed by atoms with Gasteiger partial charge in [-0.15, -0.1) is 0 Å². The first kappa shape index (κ1) is 17.5. The molecule has 0 radical (unpaired) electrons. The van der Waals surface area contributed by atoms with E-state index >= 15 is 0 Å². The zero-order valence-corrected chi connectivity index (χ0v) is 13.4. The van der Waals surface area contributed by atoms with Crippen molar-refractivity contribution in [1.29, 1.82) is 0 Å². The molecule has 1 fully saturated rings. The van der Waals surface area contributed by atoms with Crippen LogP contribution in [0.25, 0.3) is 0 Å². The Kier molecular flexibility index (Phi) is 6.18. The van der Waals surface area contributed by atoms with Gasteiger partial charge in [0.1, 0.15) is 0 Å². The molecule has 1 aliphatic heterocycles. The van der Waals surface area contributed by atoms with Crippen LogP contribution in [0.15, 0.2) is 0 Å². The highest BCUT2D eigenvalue weighted by Gasteiger charge is 2.30. The fraction of sp³-hybridized carbons (Fsp3) is 0.800. The van der Waals surface area contributed by atoms with E-state index in [1.54, 1.807) is 0 Å². The fourth-order valence-electron chi connectivity index (χ4n) is 2.32. The third-order valence-electron chi connectivity index (χ3n) is 3.57. The van der Waals surface area contributed by atoms with Crippen molar-refractivity contribution in [3.05, 3.63) is 0 Å². The number of carbonyl (C=O) groups excluding carboxylic acids is 3. The van der Waals surface area contributed by atoms with E-state index in [0.717, 1.165) is 12.8 Å². The molecule has 1 aliphatic rings. The molecule has 1 rings (SSSR count). The van der Waals surface area contributed by atoms with Crippen molar-refractivity contribution >= 4 is 17.8 Å². The van der Waals surface area contributed by atoms with Gasteiger partial charge in [-0.1, -0.05) is 20.8 Å². The molecule has 0 aromatic heterocycles. The van der Waals surface area contributed by atoms with E-state index in [1.807, 2.05) is 25.7 Å². The van der Waals surface area contributed by atoms with Crippen LogP contribution in [-0.4, -0.2) is 48.9 Å². The van der Waals surface area contributed by atoms with Crippen molar-refractivity contribution < 1.29 is 19.1 Å². The number of likely N-dealkylation sites (tertiary alicyclic amines) is 1. The van der Waals surface area contributed by atoms with E-state index in [2.05, 4.69) is 10.1 Å². The van der Waals surface area contributed by atoms with Crippen molar-refractivity contribution in [2.75, 3.05) is 20.2 Å². The standard InChI is InChI=1S/C15H26N2O4/c1-15(2,3)14(20)17-9-7-11(8-10-17)16-12(18)5-6-13(19)21-4/h11H,5-10H2,1-4H3,(H,16,18). The molecule has 0 aromatic rings. The molecule has 6 heteroatoms. The maximum atomic E-state index is 12.1. The van der Waals surface area contributed by atoms with Crippen LogP contribution in [0.1, 0.15) is 46.5 Å². The Morgan fingerprint density at radius 3 is 2.19 bits per heavy atom. The summed E-state index contributed by atoms with van der Waals surface area (Å²) in [5, 5.41) is 2.91. The molecule has 1 heterocycles. The maximum Gasteiger partial charge on any atom is 0.306 e. The van der Waals surface area contributed by atoms with Gasteiger partial charge in [0, 0.05) is 31.0 Å². The SMILES string of the molecule is COC(=O)CCC(=O)NC1CCN(C(=O)C(C)(C)C)CC1. The van der Waals surface area contributed by atoms with E-state index in [4.69, 9.17) is 0 Å². The Morgan fingerprint density at radius 2 is 1.71 bits per heavy atom. The summed E-state index contributed by atoms with van der Waals surface area (Å²) in [6, 6.07) is 0.0826. The van der Waals surface area contributed by atoms with Crippen LogP contribution in [0.4, 0.5) is 0 Å². The summed E-state index contributed by atoms with van der Waals surface area (Å²) >= 11 is 0. The molecule has 1 saturated heterocycles. The van der Waals surface area contributed by atoms with Gasteiger partial charge >= 0.3 is 5.97 Å². The molecule has 21 heavy (non-hydrogen) atoms. The largest absolute Gasteiger partial charge is 0.469 e. The molecule has 0 spiro atoms. The van der Waals surface area contributed by atoms with Crippen molar-refractivity contribution in [3.63, 3.8) is 0 Å². The predicted molar refractivity (Wildman–Crippen MR) is 78.4 cm³/mol. The molecule has 0 unspecified atom stereocenters. The second kappa shape index (κ2) is 7.43. The predicted octanol–water partition coefficient (Wildman–Crippen LogP) is 1.09. The lowest BCUT2D eigenvalue weighted by atomic mass is 9.93. The Balaban J connectivity index is 2.32. The summed E-state index contributed by atoms with van der Waals surface area (Å²) in [5.74, 6) is -0.366. The molecular weight excluding hydrogens is 272 g/mol. The van der Waals surface area contributed by atoms with Crippen molar-refractivity contribution in [2.24, 2.45) is 5.41 Å². The van der Waals surface area contributed by atoms with Crippen molar-refractivity contribution in [1.82, 2.24) is 10.2 Å². The molecule has 0 aromatic carbocycles. The molecule has 2 amide bonds. The molecule has 1 N–H and O–H groups in total. The van der Waals surface area contributed by atoms with Gasteiger partial charge in [0.2, 0.25) is 11.8 Å². The Morgan fingerprint density at radius 1 is 1.14 bits per heavy atom. The monoisotopic (exact) mass is 298 g/mol. The lowest BCUT2D eigenvalue weighted by molar-refractivity contribution is -0.142. The topological polar surface area (TPSA) is 75.7 Å². The van der Waals surface area contributed by atoms with Crippen LogP contribution in [0.5, 0.6) is 0 Å². The first-order valence-corrected chi connectivity index (χ1v) is 7.39. The second-order valence-electron chi connectivity index (χ2n) is 6.46. The van der Waals surface area contributed by atoms with Gasteiger partial charge in [0.05, 0.1) is 13.5 Å². The summed E-state index contributed by atoms with van der Waals surface area (Å²) in [6.45, 7) is 7.07. The smallest absolute Gasteiger partial charge is 0.306 e. The average molecular weight is 298 g/mol. The van der Waals surface area contributed by atoms with Gasteiger partial charge in [-0.25, -0.2) is 0 Å². The van der Waals surface area contributed by atoms with Gasteiger partial charge in [-0.2, -0.15) is 0 Å².